The highest BCUT2D eigenvalue weighted by molar-refractivity contribution is 7.99. The van der Waals surface area contributed by atoms with E-state index in [0.29, 0.717) is 25.7 Å². The molecule has 5 heteroatoms. The van der Waals surface area contributed by atoms with Gasteiger partial charge >= 0.3 is 0 Å². The van der Waals surface area contributed by atoms with Crippen LogP contribution in [-0.2, 0) is 9.53 Å². The molecule has 2 atom stereocenters. The van der Waals surface area contributed by atoms with E-state index in [1.165, 1.54) is 0 Å². The van der Waals surface area contributed by atoms with Crippen molar-refractivity contribution in [2.75, 3.05) is 38.3 Å². The maximum absolute atomic E-state index is 12.9. The van der Waals surface area contributed by atoms with E-state index in [1.807, 2.05) is 47.0 Å². The molecule has 2 rings (SSSR count). The summed E-state index contributed by atoms with van der Waals surface area (Å²) in [6, 6.07) is 10.1. The molecule has 1 fully saturated rings. The zero-order chi connectivity index (χ0) is 15.1. The highest BCUT2D eigenvalue weighted by atomic mass is 32.2. The van der Waals surface area contributed by atoms with Gasteiger partial charge in [-0.05, 0) is 17.7 Å². The van der Waals surface area contributed by atoms with Gasteiger partial charge in [-0.2, -0.15) is 11.8 Å². The summed E-state index contributed by atoms with van der Waals surface area (Å²) in [6.07, 6.45) is 1.06. The average molecular weight is 308 g/mol. The summed E-state index contributed by atoms with van der Waals surface area (Å²) in [7, 11) is 1.67. The van der Waals surface area contributed by atoms with Crippen molar-refractivity contribution < 1.29 is 9.53 Å². The Labute approximate surface area is 131 Å². The maximum atomic E-state index is 12.9. The molecule has 21 heavy (non-hydrogen) atoms. The summed E-state index contributed by atoms with van der Waals surface area (Å²) in [5.41, 5.74) is 6.89. The van der Waals surface area contributed by atoms with Gasteiger partial charge in [0, 0.05) is 32.0 Å². The van der Waals surface area contributed by atoms with E-state index < -0.39 is 0 Å². The van der Waals surface area contributed by atoms with Crippen LogP contribution >= 0.6 is 11.8 Å². The molecule has 0 aliphatic carbocycles. The van der Waals surface area contributed by atoms with Crippen LogP contribution in [0.2, 0.25) is 0 Å². The Bertz CT molecular complexity index is 435. The summed E-state index contributed by atoms with van der Waals surface area (Å²) < 4.78 is 5.17. The molecular formula is C16H24N2O2S. The minimum atomic E-state index is -0.256. The van der Waals surface area contributed by atoms with Gasteiger partial charge in [0.2, 0.25) is 5.91 Å². The third kappa shape index (κ3) is 4.22. The first-order valence-electron chi connectivity index (χ1n) is 7.40. The third-order valence-corrected chi connectivity index (χ3v) is 5.05. The Morgan fingerprint density at radius 2 is 2.24 bits per heavy atom. The lowest BCUT2D eigenvalue weighted by Crippen LogP contribution is -2.46. The fraction of sp³-hybridized carbons (Fsp3) is 0.562. The molecule has 1 aromatic rings. The van der Waals surface area contributed by atoms with E-state index in [1.54, 1.807) is 7.11 Å². The minimum absolute atomic E-state index is 0.133. The second-order valence-electron chi connectivity index (χ2n) is 5.24. The molecule has 4 nitrogen and oxygen atoms in total. The number of ether oxygens (including phenoxy) is 1. The summed E-state index contributed by atoms with van der Waals surface area (Å²) in [5, 5.41) is 0. The monoisotopic (exact) mass is 308 g/mol. The Morgan fingerprint density at radius 3 is 2.81 bits per heavy atom. The van der Waals surface area contributed by atoms with E-state index >= 15 is 0 Å². The van der Waals surface area contributed by atoms with Crippen molar-refractivity contribution in [2.45, 2.75) is 18.4 Å². The molecule has 1 saturated heterocycles. The lowest BCUT2D eigenvalue weighted by atomic mass is 9.97. The predicted octanol–water partition coefficient (Wildman–Crippen LogP) is 1.71. The lowest BCUT2D eigenvalue weighted by Gasteiger charge is -2.31. The van der Waals surface area contributed by atoms with Crippen LogP contribution in [0.1, 0.15) is 17.9 Å². The van der Waals surface area contributed by atoms with Gasteiger partial charge in [-0.3, -0.25) is 4.79 Å². The average Bonchev–Trinajstić information content (AvgIpc) is 3.04. The van der Waals surface area contributed by atoms with Crippen molar-refractivity contribution in [3.05, 3.63) is 35.9 Å². The number of nitrogens with two attached hydrogens (primary N) is 1. The van der Waals surface area contributed by atoms with E-state index in [4.69, 9.17) is 10.5 Å². The van der Waals surface area contributed by atoms with Crippen LogP contribution < -0.4 is 5.73 Å². The fourth-order valence-corrected chi connectivity index (χ4v) is 3.92. The maximum Gasteiger partial charge on any atom is 0.231 e. The van der Waals surface area contributed by atoms with Crippen LogP contribution in [0.15, 0.2) is 30.3 Å². The Balaban J connectivity index is 2.14. The number of benzene rings is 1. The molecule has 1 heterocycles. The molecule has 1 aromatic carbocycles. The van der Waals surface area contributed by atoms with Gasteiger partial charge in [0.1, 0.15) is 0 Å². The molecule has 0 saturated carbocycles. The van der Waals surface area contributed by atoms with Gasteiger partial charge in [-0.1, -0.05) is 30.3 Å². The number of hydrogen-bond acceptors (Lipinski definition) is 4. The molecule has 1 amide bonds. The Kier molecular flexibility index (Phi) is 6.54. The molecule has 0 bridgehead atoms. The van der Waals surface area contributed by atoms with Crippen LogP contribution in [0.5, 0.6) is 0 Å². The first-order chi connectivity index (χ1) is 10.3. The second-order valence-corrected chi connectivity index (χ2v) is 6.39. The van der Waals surface area contributed by atoms with Gasteiger partial charge in [-0.25, -0.2) is 0 Å². The van der Waals surface area contributed by atoms with Gasteiger partial charge < -0.3 is 15.4 Å². The third-order valence-electron chi connectivity index (χ3n) is 3.90. The van der Waals surface area contributed by atoms with Gasteiger partial charge in [-0.15, -0.1) is 0 Å². The topological polar surface area (TPSA) is 55.6 Å². The Hall–Kier alpha value is -1.04. The molecule has 116 valence electrons. The molecule has 0 aromatic heterocycles. The number of carbonyl (C=O) groups is 1. The largest absolute Gasteiger partial charge is 0.383 e. The normalized spacial score (nSPS) is 19.4. The summed E-state index contributed by atoms with van der Waals surface area (Å²) >= 11 is 1.91. The number of thioether (sulfide) groups is 1. The highest BCUT2D eigenvalue weighted by Crippen LogP contribution is 2.26. The predicted molar refractivity (Wildman–Crippen MR) is 87.6 cm³/mol. The van der Waals surface area contributed by atoms with E-state index in [9.17, 15) is 4.79 Å². The molecule has 2 unspecified atom stereocenters. The summed E-state index contributed by atoms with van der Waals surface area (Å²) in [4.78, 5) is 14.9. The van der Waals surface area contributed by atoms with Crippen LogP contribution in [0.3, 0.4) is 0 Å². The second kappa shape index (κ2) is 8.41. The van der Waals surface area contributed by atoms with Crippen LogP contribution in [0, 0.1) is 0 Å². The number of hydrogen-bond donors (Lipinski definition) is 1. The van der Waals surface area contributed by atoms with E-state index in [-0.39, 0.29) is 11.8 Å². The first kappa shape index (κ1) is 16.3. The van der Waals surface area contributed by atoms with Gasteiger partial charge in [0.25, 0.3) is 0 Å². The van der Waals surface area contributed by atoms with E-state index in [2.05, 4.69) is 0 Å². The number of amides is 1. The molecule has 1 aliphatic heterocycles. The quantitative estimate of drug-likeness (QED) is 0.833. The van der Waals surface area contributed by atoms with Crippen LogP contribution in [0.4, 0.5) is 0 Å². The van der Waals surface area contributed by atoms with Crippen molar-refractivity contribution >= 4 is 17.7 Å². The van der Waals surface area contributed by atoms with Crippen molar-refractivity contribution in [1.29, 1.82) is 0 Å². The number of nitrogens with zero attached hydrogens (tertiary/aromatic N) is 1. The van der Waals surface area contributed by atoms with Crippen molar-refractivity contribution in [3.63, 3.8) is 0 Å². The fourth-order valence-electron chi connectivity index (χ4n) is 2.70. The van der Waals surface area contributed by atoms with E-state index in [0.717, 1.165) is 23.5 Å². The van der Waals surface area contributed by atoms with Crippen molar-refractivity contribution in [1.82, 2.24) is 4.90 Å². The number of carbonyl (C=O) groups excluding carboxylic acids is 1. The lowest BCUT2D eigenvalue weighted by molar-refractivity contribution is -0.135. The highest BCUT2D eigenvalue weighted by Gasteiger charge is 2.31. The van der Waals surface area contributed by atoms with Crippen molar-refractivity contribution in [2.24, 2.45) is 5.73 Å². The smallest absolute Gasteiger partial charge is 0.231 e. The Morgan fingerprint density at radius 1 is 1.48 bits per heavy atom. The number of rotatable bonds is 7. The van der Waals surface area contributed by atoms with Crippen molar-refractivity contribution in [3.8, 4) is 0 Å². The van der Waals surface area contributed by atoms with Gasteiger partial charge in [0.15, 0.2) is 0 Å². The SMILES string of the molecule is COCCN(C(=O)C(CN)c1ccccc1)C1CCSC1. The molecule has 0 radical (unpaired) electrons. The summed E-state index contributed by atoms with van der Waals surface area (Å²) in [6.45, 7) is 1.55. The van der Waals surface area contributed by atoms with Crippen LogP contribution in [0.25, 0.3) is 0 Å². The molecule has 2 N–H and O–H groups in total. The molecular weight excluding hydrogens is 284 g/mol. The summed E-state index contributed by atoms with van der Waals surface area (Å²) in [5.74, 6) is 2.02. The zero-order valence-corrected chi connectivity index (χ0v) is 13.3. The molecule has 0 spiro atoms. The standard InChI is InChI=1S/C16H24N2O2S/c1-20-9-8-18(14-7-10-21-12-14)16(19)15(11-17)13-5-3-2-4-6-13/h2-6,14-15H,7-12,17H2,1H3. The zero-order valence-electron chi connectivity index (χ0n) is 12.5. The number of methoxy groups -OCH3 is 1. The van der Waals surface area contributed by atoms with Gasteiger partial charge in [0.05, 0.1) is 12.5 Å². The minimum Gasteiger partial charge on any atom is -0.383 e. The van der Waals surface area contributed by atoms with Crippen LogP contribution in [-0.4, -0.2) is 55.2 Å². The molecule has 1 aliphatic rings. The first-order valence-corrected chi connectivity index (χ1v) is 8.55.